The molecule has 2 N–H and O–H groups in total. The van der Waals surface area contributed by atoms with Crippen LogP contribution < -0.4 is 20.1 Å². The van der Waals surface area contributed by atoms with E-state index in [1.165, 1.54) is 17.3 Å². The van der Waals surface area contributed by atoms with Crippen LogP contribution in [0.5, 0.6) is 11.5 Å². The van der Waals surface area contributed by atoms with E-state index < -0.39 is 0 Å². The van der Waals surface area contributed by atoms with E-state index in [0.717, 1.165) is 28.4 Å². The van der Waals surface area contributed by atoms with Gasteiger partial charge < -0.3 is 20.1 Å². The first-order valence-electron chi connectivity index (χ1n) is 9.65. The highest BCUT2D eigenvalue weighted by Crippen LogP contribution is 2.22. The molecule has 2 heterocycles. The van der Waals surface area contributed by atoms with E-state index >= 15 is 0 Å². The SMILES string of the molecule is COc1ccc(CN(Cc2ccc(OC)cc2)c2cc(-n3cnc(N)n3)ncn2)cc1. The second-order valence-corrected chi connectivity index (χ2v) is 6.83. The highest BCUT2D eigenvalue weighted by atomic mass is 16.5. The van der Waals surface area contributed by atoms with Crippen LogP contribution in [0, 0.1) is 0 Å². The van der Waals surface area contributed by atoms with Gasteiger partial charge in [-0.1, -0.05) is 24.3 Å². The van der Waals surface area contributed by atoms with E-state index in [1.807, 2.05) is 54.6 Å². The van der Waals surface area contributed by atoms with Gasteiger partial charge in [0.25, 0.3) is 0 Å². The predicted molar refractivity (Wildman–Crippen MR) is 117 cm³/mol. The smallest absolute Gasteiger partial charge is 0.239 e. The van der Waals surface area contributed by atoms with Crippen LogP contribution in [-0.2, 0) is 13.1 Å². The first-order valence-corrected chi connectivity index (χ1v) is 9.65. The molecule has 0 fully saturated rings. The Kier molecular flexibility index (Phi) is 5.93. The number of methoxy groups -OCH3 is 2. The Morgan fingerprint density at radius 1 is 0.839 bits per heavy atom. The van der Waals surface area contributed by atoms with Crippen LogP contribution >= 0.6 is 0 Å². The Hall–Kier alpha value is -4.14. The van der Waals surface area contributed by atoms with E-state index in [9.17, 15) is 0 Å². The zero-order chi connectivity index (χ0) is 21.6. The van der Waals surface area contributed by atoms with Crippen molar-refractivity contribution in [1.29, 1.82) is 0 Å². The Bertz CT molecular complexity index is 1080. The zero-order valence-electron chi connectivity index (χ0n) is 17.3. The van der Waals surface area contributed by atoms with Crippen LogP contribution in [0.2, 0.25) is 0 Å². The maximum absolute atomic E-state index is 5.65. The number of nitrogen functional groups attached to an aromatic ring is 1. The molecule has 0 aliphatic carbocycles. The molecule has 0 unspecified atom stereocenters. The summed E-state index contributed by atoms with van der Waals surface area (Å²) in [5.74, 6) is 3.17. The fourth-order valence-electron chi connectivity index (χ4n) is 3.14. The van der Waals surface area contributed by atoms with E-state index in [2.05, 4.69) is 25.0 Å². The molecule has 2 aromatic heterocycles. The second-order valence-electron chi connectivity index (χ2n) is 6.83. The van der Waals surface area contributed by atoms with Gasteiger partial charge in [0.2, 0.25) is 5.95 Å². The minimum atomic E-state index is 0.188. The summed E-state index contributed by atoms with van der Waals surface area (Å²) in [4.78, 5) is 14.9. The third-order valence-electron chi connectivity index (χ3n) is 4.77. The largest absolute Gasteiger partial charge is 0.497 e. The number of aromatic nitrogens is 5. The lowest BCUT2D eigenvalue weighted by Gasteiger charge is -2.24. The molecule has 31 heavy (non-hydrogen) atoms. The molecule has 4 aromatic rings. The molecule has 9 nitrogen and oxygen atoms in total. The van der Waals surface area contributed by atoms with Gasteiger partial charge in [-0.05, 0) is 35.4 Å². The quantitative estimate of drug-likeness (QED) is 0.467. The van der Waals surface area contributed by atoms with Crippen molar-refractivity contribution in [3.8, 4) is 17.3 Å². The molecule has 9 heteroatoms. The average molecular weight is 417 g/mol. The second kappa shape index (κ2) is 9.12. The minimum absolute atomic E-state index is 0.188. The van der Waals surface area contributed by atoms with Gasteiger partial charge in [0.15, 0.2) is 5.82 Å². The lowest BCUT2D eigenvalue weighted by molar-refractivity contribution is 0.414. The number of nitrogens with two attached hydrogens (primary N) is 1. The standard InChI is InChI=1S/C22H23N7O2/c1-30-18-7-3-16(4-8-18)12-28(13-17-5-9-19(31-2)10-6-17)20-11-21(25-14-24-20)29-15-26-22(23)27-29/h3-11,14-15H,12-13H2,1-2H3,(H2,23,27). The molecule has 0 aliphatic heterocycles. The number of hydrogen-bond acceptors (Lipinski definition) is 8. The molecule has 0 bridgehead atoms. The summed E-state index contributed by atoms with van der Waals surface area (Å²) in [5.41, 5.74) is 7.90. The van der Waals surface area contributed by atoms with Crippen molar-refractivity contribution in [2.24, 2.45) is 0 Å². The van der Waals surface area contributed by atoms with Crippen molar-refractivity contribution < 1.29 is 9.47 Å². The average Bonchev–Trinajstić information content (AvgIpc) is 3.26. The van der Waals surface area contributed by atoms with Crippen molar-refractivity contribution in [3.05, 3.63) is 78.4 Å². The highest BCUT2D eigenvalue weighted by molar-refractivity contribution is 5.45. The van der Waals surface area contributed by atoms with E-state index in [-0.39, 0.29) is 5.95 Å². The van der Waals surface area contributed by atoms with Gasteiger partial charge in [0.1, 0.15) is 30.0 Å². The first kappa shape index (κ1) is 20.1. The summed E-state index contributed by atoms with van der Waals surface area (Å²) in [6.45, 7) is 1.29. The number of benzene rings is 2. The fraction of sp³-hybridized carbons (Fsp3) is 0.182. The van der Waals surface area contributed by atoms with Crippen LogP contribution in [0.15, 0.2) is 67.3 Å². The summed E-state index contributed by atoms with van der Waals surface area (Å²) in [6, 6.07) is 17.8. The molecule has 0 spiro atoms. The van der Waals surface area contributed by atoms with Crippen molar-refractivity contribution in [3.63, 3.8) is 0 Å². The molecule has 0 amide bonds. The Labute approximate surface area is 180 Å². The summed E-state index contributed by atoms with van der Waals surface area (Å²) >= 11 is 0. The van der Waals surface area contributed by atoms with Crippen molar-refractivity contribution in [2.75, 3.05) is 24.9 Å². The Balaban J connectivity index is 1.64. The predicted octanol–water partition coefficient (Wildman–Crippen LogP) is 2.86. The van der Waals surface area contributed by atoms with Crippen LogP contribution in [0.1, 0.15) is 11.1 Å². The number of hydrogen-bond donors (Lipinski definition) is 1. The number of ether oxygens (including phenoxy) is 2. The van der Waals surface area contributed by atoms with Gasteiger partial charge in [0, 0.05) is 19.2 Å². The maximum Gasteiger partial charge on any atom is 0.239 e. The monoisotopic (exact) mass is 417 g/mol. The Morgan fingerprint density at radius 2 is 1.42 bits per heavy atom. The molecule has 158 valence electrons. The number of nitrogens with zero attached hydrogens (tertiary/aromatic N) is 6. The van der Waals surface area contributed by atoms with Crippen LogP contribution in [0.4, 0.5) is 11.8 Å². The number of anilines is 2. The van der Waals surface area contributed by atoms with E-state index in [0.29, 0.717) is 18.9 Å². The van der Waals surface area contributed by atoms with Gasteiger partial charge in [-0.15, -0.1) is 5.10 Å². The van der Waals surface area contributed by atoms with Crippen LogP contribution in [0.25, 0.3) is 5.82 Å². The summed E-state index contributed by atoms with van der Waals surface area (Å²) in [7, 11) is 3.31. The molecule has 4 rings (SSSR count). The normalized spacial score (nSPS) is 10.6. The van der Waals surface area contributed by atoms with Crippen LogP contribution in [-0.4, -0.2) is 39.0 Å². The third-order valence-corrected chi connectivity index (χ3v) is 4.77. The van der Waals surface area contributed by atoms with Gasteiger partial charge in [-0.25, -0.2) is 19.6 Å². The molecular weight excluding hydrogens is 394 g/mol. The van der Waals surface area contributed by atoms with Gasteiger partial charge >= 0.3 is 0 Å². The molecule has 0 atom stereocenters. The van der Waals surface area contributed by atoms with Crippen LogP contribution in [0.3, 0.4) is 0 Å². The van der Waals surface area contributed by atoms with Crippen molar-refractivity contribution >= 4 is 11.8 Å². The molecule has 2 aromatic carbocycles. The van der Waals surface area contributed by atoms with E-state index in [1.54, 1.807) is 14.2 Å². The van der Waals surface area contributed by atoms with Gasteiger partial charge in [-0.3, -0.25) is 0 Å². The maximum atomic E-state index is 5.65. The molecule has 0 saturated heterocycles. The summed E-state index contributed by atoms with van der Waals surface area (Å²) < 4.78 is 12.1. The molecule has 0 radical (unpaired) electrons. The van der Waals surface area contributed by atoms with Crippen molar-refractivity contribution in [1.82, 2.24) is 24.7 Å². The Morgan fingerprint density at radius 3 is 1.90 bits per heavy atom. The number of rotatable bonds is 8. The highest BCUT2D eigenvalue weighted by Gasteiger charge is 2.13. The van der Waals surface area contributed by atoms with Crippen molar-refractivity contribution in [2.45, 2.75) is 13.1 Å². The fourth-order valence-corrected chi connectivity index (χ4v) is 3.14. The summed E-state index contributed by atoms with van der Waals surface area (Å²) in [6.07, 6.45) is 3.04. The van der Waals surface area contributed by atoms with E-state index in [4.69, 9.17) is 15.2 Å². The minimum Gasteiger partial charge on any atom is -0.497 e. The lowest BCUT2D eigenvalue weighted by atomic mass is 10.1. The third kappa shape index (κ3) is 4.89. The molecule has 0 saturated carbocycles. The first-order chi connectivity index (χ1) is 15.1. The van der Waals surface area contributed by atoms with Gasteiger partial charge in [0.05, 0.1) is 14.2 Å². The molecule has 0 aliphatic rings. The zero-order valence-corrected chi connectivity index (χ0v) is 17.3. The van der Waals surface area contributed by atoms with Gasteiger partial charge in [-0.2, -0.15) is 0 Å². The summed E-state index contributed by atoms with van der Waals surface area (Å²) in [5, 5.41) is 4.13. The topological polar surface area (TPSA) is 104 Å². The molecular formula is C22H23N7O2. The lowest BCUT2D eigenvalue weighted by Crippen LogP contribution is -2.23.